The lowest BCUT2D eigenvalue weighted by molar-refractivity contribution is -0.123. The number of piperidine rings is 1. The average molecular weight is 537 g/mol. The van der Waals surface area contributed by atoms with E-state index in [-0.39, 0.29) is 24.0 Å². The Kier molecular flexibility index (Phi) is 7.79. The van der Waals surface area contributed by atoms with Gasteiger partial charge in [0.2, 0.25) is 11.8 Å². The van der Waals surface area contributed by atoms with Crippen LogP contribution in [0.2, 0.25) is 0 Å². The van der Waals surface area contributed by atoms with Crippen molar-refractivity contribution >= 4 is 34.6 Å². The van der Waals surface area contributed by atoms with E-state index in [4.69, 9.17) is 9.72 Å². The second kappa shape index (κ2) is 11.3. The molecule has 2 aromatic carbocycles. The van der Waals surface area contributed by atoms with Gasteiger partial charge in [0.1, 0.15) is 5.82 Å². The minimum Gasteiger partial charge on any atom is -0.381 e. The lowest BCUT2D eigenvalue weighted by Gasteiger charge is -2.37. The fourth-order valence-corrected chi connectivity index (χ4v) is 5.79. The molecule has 3 aromatic rings. The number of benzene rings is 2. The molecule has 2 heterocycles. The predicted octanol–water partition coefficient (Wildman–Crippen LogP) is 5.80. The molecule has 0 spiro atoms. The minimum absolute atomic E-state index is 0.112. The molecule has 0 bridgehead atoms. The Balaban J connectivity index is 1.61. The summed E-state index contributed by atoms with van der Waals surface area (Å²) in [6.07, 6.45) is 8.84. The monoisotopic (exact) mass is 536 g/mol. The van der Waals surface area contributed by atoms with Crippen molar-refractivity contribution in [3.8, 4) is 0 Å². The van der Waals surface area contributed by atoms with Crippen molar-refractivity contribution in [1.82, 2.24) is 14.5 Å². The number of amides is 2. The highest BCUT2D eigenvalue weighted by Crippen LogP contribution is 2.41. The molecule has 1 aliphatic heterocycles. The van der Waals surface area contributed by atoms with Crippen LogP contribution in [0.3, 0.4) is 0 Å². The minimum atomic E-state index is -0.986. The molecule has 1 aliphatic carbocycles. The number of hydrogen-bond donors (Lipinski definition) is 0. The topological polar surface area (TPSA) is 67.7 Å². The van der Waals surface area contributed by atoms with Crippen LogP contribution in [-0.4, -0.2) is 53.6 Å². The summed E-state index contributed by atoms with van der Waals surface area (Å²) in [6.45, 7) is 0. The van der Waals surface area contributed by atoms with Crippen LogP contribution >= 0.6 is 0 Å². The van der Waals surface area contributed by atoms with Crippen LogP contribution in [0.4, 0.5) is 14.5 Å². The van der Waals surface area contributed by atoms with E-state index in [2.05, 4.69) is 4.57 Å². The zero-order valence-corrected chi connectivity index (χ0v) is 22.6. The number of ether oxygens (including phenoxy) is 1. The molecule has 1 saturated carbocycles. The number of rotatable bonds is 6. The molecule has 2 amide bonds. The Morgan fingerprint density at radius 1 is 1.05 bits per heavy atom. The van der Waals surface area contributed by atoms with Crippen molar-refractivity contribution in [1.29, 1.82) is 0 Å². The van der Waals surface area contributed by atoms with Crippen LogP contribution in [0.15, 0.2) is 42.5 Å². The van der Waals surface area contributed by atoms with E-state index in [1.807, 2.05) is 18.2 Å². The van der Waals surface area contributed by atoms with Crippen molar-refractivity contribution in [2.24, 2.45) is 0 Å². The normalized spacial score (nSPS) is 22.1. The number of hydrogen-bond acceptors (Lipinski definition) is 4. The van der Waals surface area contributed by atoms with Crippen LogP contribution in [0, 0.1) is 11.6 Å². The maximum absolute atomic E-state index is 14.2. The molecule has 5 rings (SSSR count). The van der Waals surface area contributed by atoms with Gasteiger partial charge in [0.05, 0.1) is 23.2 Å². The number of carbonyl (C=O) groups excluding carboxylic acids is 2. The summed E-state index contributed by atoms with van der Waals surface area (Å²) < 4.78 is 35.8. The first-order valence-electron chi connectivity index (χ1n) is 13.5. The smallest absolute Gasteiger partial charge is 0.246 e. The van der Waals surface area contributed by atoms with Gasteiger partial charge in [0, 0.05) is 51.5 Å². The average Bonchev–Trinajstić information content (AvgIpc) is 3.31. The maximum atomic E-state index is 14.2. The number of methoxy groups -OCH3 is 1. The standard InChI is InChI=1S/C30H34F2N4O3/c1-34(2)28(37)16-8-19-7-15-26-25(17-19)33-30(36(26)20-9-12-22(39-3)13-10-20)27-5-4-6-29(38)35(27)21-11-14-23(31)24(32)18-21/h7-8,11,14-18,20,22,27H,4-6,9-10,12-13H2,1-3H3/t20?,22?,27-/m0/s1. The molecule has 2 fully saturated rings. The SMILES string of the molecule is COC1CCC(n2c([C@@H]3CCCC(=O)N3c3ccc(F)c(F)c3)nc3cc(C=CC(=O)N(C)C)ccc32)CC1. The first-order valence-corrected chi connectivity index (χ1v) is 13.5. The molecule has 0 radical (unpaired) electrons. The largest absolute Gasteiger partial charge is 0.381 e. The second-order valence-electron chi connectivity index (χ2n) is 10.6. The molecule has 0 unspecified atom stereocenters. The summed E-state index contributed by atoms with van der Waals surface area (Å²) in [6, 6.07) is 9.27. The third kappa shape index (κ3) is 5.45. The molecule has 39 heavy (non-hydrogen) atoms. The van der Waals surface area contributed by atoms with Gasteiger partial charge in [-0.3, -0.25) is 9.59 Å². The first kappa shape index (κ1) is 27.0. The third-order valence-corrected chi connectivity index (χ3v) is 7.87. The zero-order valence-electron chi connectivity index (χ0n) is 22.6. The maximum Gasteiger partial charge on any atom is 0.246 e. The van der Waals surface area contributed by atoms with Crippen molar-refractivity contribution in [3.05, 3.63) is 65.5 Å². The van der Waals surface area contributed by atoms with Gasteiger partial charge in [0.25, 0.3) is 0 Å². The van der Waals surface area contributed by atoms with Crippen molar-refractivity contribution < 1.29 is 23.1 Å². The summed E-state index contributed by atoms with van der Waals surface area (Å²) in [7, 11) is 5.14. The molecule has 1 atom stereocenters. The fraction of sp³-hybridized carbons (Fsp3) is 0.433. The zero-order chi connectivity index (χ0) is 27.7. The Hall–Kier alpha value is -3.59. The molecule has 0 N–H and O–H groups in total. The number of fused-ring (bicyclic) bond motifs is 1. The summed E-state index contributed by atoms with van der Waals surface area (Å²) in [5.41, 5.74) is 2.89. The Labute approximate surface area is 227 Å². The van der Waals surface area contributed by atoms with E-state index >= 15 is 0 Å². The number of imidazole rings is 1. The number of aromatic nitrogens is 2. The van der Waals surface area contributed by atoms with Gasteiger partial charge < -0.3 is 19.1 Å². The lowest BCUT2D eigenvalue weighted by atomic mass is 9.91. The Bertz CT molecular complexity index is 1410. The van der Waals surface area contributed by atoms with Crippen molar-refractivity contribution in [3.63, 3.8) is 0 Å². The summed E-state index contributed by atoms with van der Waals surface area (Å²) >= 11 is 0. The summed E-state index contributed by atoms with van der Waals surface area (Å²) in [5.74, 6) is -1.44. The third-order valence-electron chi connectivity index (χ3n) is 7.87. The first-order chi connectivity index (χ1) is 18.8. The van der Waals surface area contributed by atoms with E-state index in [9.17, 15) is 18.4 Å². The summed E-state index contributed by atoms with van der Waals surface area (Å²) in [4.78, 5) is 33.5. The summed E-state index contributed by atoms with van der Waals surface area (Å²) in [5, 5.41) is 0. The number of likely N-dealkylation sites (N-methyl/N-ethyl adjacent to an activating group) is 1. The molecule has 206 valence electrons. The van der Waals surface area contributed by atoms with Gasteiger partial charge in [0.15, 0.2) is 11.6 Å². The number of nitrogens with zero attached hydrogens (tertiary/aromatic N) is 4. The lowest BCUT2D eigenvalue weighted by Crippen LogP contribution is -2.40. The van der Waals surface area contributed by atoms with Crippen molar-refractivity contribution in [2.75, 3.05) is 26.1 Å². The number of halogens is 2. The molecular formula is C30H34F2N4O3. The van der Waals surface area contributed by atoms with Gasteiger partial charge in [-0.15, -0.1) is 0 Å². The van der Waals surface area contributed by atoms with Gasteiger partial charge in [-0.05, 0) is 74.4 Å². The van der Waals surface area contributed by atoms with Gasteiger partial charge >= 0.3 is 0 Å². The quantitative estimate of drug-likeness (QED) is 0.373. The molecule has 1 aromatic heterocycles. The van der Waals surface area contributed by atoms with Gasteiger partial charge in [-0.2, -0.15) is 0 Å². The van der Waals surface area contributed by atoms with E-state index in [1.165, 1.54) is 17.0 Å². The van der Waals surface area contributed by atoms with E-state index in [0.717, 1.165) is 60.2 Å². The van der Waals surface area contributed by atoms with E-state index in [0.29, 0.717) is 24.9 Å². The van der Waals surface area contributed by atoms with Crippen LogP contribution < -0.4 is 4.90 Å². The second-order valence-corrected chi connectivity index (χ2v) is 10.6. The van der Waals surface area contributed by atoms with Gasteiger partial charge in [-0.25, -0.2) is 13.8 Å². The number of anilines is 1. The highest BCUT2D eigenvalue weighted by atomic mass is 19.2. The van der Waals surface area contributed by atoms with Crippen LogP contribution in [0.25, 0.3) is 17.1 Å². The Morgan fingerprint density at radius 2 is 1.82 bits per heavy atom. The molecule has 7 nitrogen and oxygen atoms in total. The highest BCUT2D eigenvalue weighted by molar-refractivity contribution is 5.95. The molecule has 1 saturated heterocycles. The van der Waals surface area contributed by atoms with E-state index in [1.54, 1.807) is 32.2 Å². The highest BCUT2D eigenvalue weighted by Gasteiger charge is 2.36. The van der Waals surface area contributed by atoms with Crippen LogP contribution in [0.5, 0.6) is 0 Å². The fourth-order valence-electron chi connectivity index (χ4n) is 5.79. The molecule has 9 heteroatoms. The van der Waals surface area contributed by atoms with E-state index < -0.39 is 17.7 Å². The van der Waals surface area contributed by atoms with Crippen LogP contribution in [-0.2, 0) is 14.3 Å². The predicted molar refractivity (Wildman–Crippen MR) is 146 cm³/mol. The molecular weight excluding hydrogens is 502 g/mol. The number of carbonyl (C=O) groups is 2. The van der Waals surface area contributed by atoms with Crippen molar-refractivity contribution in [2.45, 2.75) is 63.1 Å². The Morgan fingerprint density at radius 3 is 2.51 bits per heavy atom. The molecule has 2 aliphatic rings. The van der Waals surface area contributed by atoms with Gasteiger partial charge in [-0.1, -0.05) is 6.07 Å². The van der Waals surface area contributed by atoms with Crippen LogP contribution in [0.1, 0.15) is 68.4 Å².